The first-order valence-electron chi connectivity index (χ1n) is 7.27. The van der Waals surface area contributed by atoms with E-state index in [1.54, 1.807) is 18.2 Å². The zero-order valence-electron chi connectivity index (χ0n) is 14.1. The maximum atomic E-state index is 12.1. The predicted molar refractivity (Wildman–Crippen MR) is 102 cm³/mol. The fourth-order valence-electron chi connectivity index (χ4n) is 1.95. The van der Waals surface area contributed by atoms with Crippen LogP contribution in [-0.4, -0.2) is 37.7 Å². The summed E-state index contributed by atoms with van der Waals surface area (Å²) < 4.78 is 15.1. The topological polar surface area (TPSA) is 113 Å². The fourth-order valence-corrected chi connectivity index (χ4v) is 2.54. The van der Waals surface area contributed by atoms with Gasteiger partial charge in [-0.25, -0.2) is 9.78 Å². The van der Waals surface area contributed by atoms with E-state index in [0.717, 1.165) is 0 Å². The molecule has 0 unspecified atom stereocenters. The van der Waals surface area contributed by atoms with Gasteiger partial charge in [0.15, 0.2) is 17.5 Å². The summed E-state index contributed by atoms with van der Waals surface area (Å²) in [6.45, 7) is -0.605. The molecule has 11 heteroatoms. The Hall–Kier alpha value is -2.42. The van der Waals surface area contributed by atoms with Crippen LogP contribution >= 0.6 is 34.8 Å². The quantitative estimate of drug-likeness (QED) is 0.529. The van der Waals surface area contributed by atoms with E-state index in [0.29, 0.717) is 17.2 Å². The van der Waals surface area contributed by atoms with Crippen LogP contribution in [-0.2, 0) is 9.53 Å². The summed E-state index contributed by atoms with van der Waals surface area (Å²) >= 11 is 17.5. The average Bonchev–Trinajstić information content (AvgIpc) is 2.67. The molecule has 1 aromatic carbocycles. The van der Waals surface area contributed by atoms with Crippen molar-refractivity contribution in [3.05, 3.63) is 39.1 Å². The van der Waals surface area contributed by atoms with Crippen LogP contribution in [0.2, 0.25) is 15.2 Å². The molecule has 0 aliphatic heterocycles. The highest BCUT2D eigenvalue weighted by Crippen LogP contribution is 2.34. The molecule has 0 aliphatic carbocycles. The first-order valence-corrected chi connectivity index (χ1v) is 8.40. The van der Waals surface area contributed by atoms with E-state index in [2.05, 4.69) is 10.3 Å². The van der Waals surface area contributed by atoms with E-state index < -0.39 is 18.5 Å². The number of nitrogens with zero attached hydrogens (tertiary/aromatic N) is 1. The minimum absolute atomic E-state index is 0.0810. The van der Waals surface area contributed by atoms with E-state index in [1.165, 1.54) is 14.2 Å². The van der Waals surface area contributed by atoms with Gasteiger partial charge >= 0.3 is 5.97 Å². The molecule has 0 aliphatic rings. The number of nitrogens with one attached hydrogen (secondary N) is 1. The fraction of sp³-hybridized carbons (Fsp3) is 0.188. The van der Waals surface area contributed by atoms with Gasteiger partial charge in [-0.15, -0.1) is 0 Å². The van der Waals surface area contributed by atoms with Crippen LogP contribution in [0, 0.1) is 0 Å². The van der Waals surface area contributed by atoms with Crippen molar-refractivity contribution in [3.8, 4) is 11.5 Å². The lowest BCUT2D eigenvalue weighted by atomic mass is 10.2. The van der Waals surface area contributed by atoms with Crippen LogP contribution in [0.1, 0.15) is 10.5 Å². The monoisotopic (exact) mass is 433 g/mol. The number of hydrogen-bond acceptors (Lipinski definition) is 7. The molecule has 1 aromatic heterocycles. The Morgan fingerprint density at radius 2 is 1.85 bits per heavy atom. The molecule has 0 saturated carbocycles. The predicted octanol–water partition coefficient (Wildman–Crippen LogP) is 3.44. The van der Waals surface area contributed by atoms with Crippen molar-refractivity contribution in [1.29, 1.82) is 0 Å². The molecular weight excluding hydrogens is 421 g/mol. The molecule has 1 heterocycles. The average molecular weight is 435 g/mol. The number of aromatic nitrogens is 1. The first kappa shape index (κ1) is 20.9. The molecule has 3 N–H and O–H groups in total. The summed E-state index contributed by atoms with van der Waals surface area (Å²) in [5.74, 6) is -0.678. The molecular formula is C16H14Cl3N3O5. The van der Waals surface area contributed by atoms with Crippen LogP contribution in [0.3, 0.4) is 0 Å². The van der Waals surface area contributed by atoms with E-state index in [4.69, 9.17) is 54.7 Å². The van der Waals surface area contributed by atoms with E-state index in [1.807, 2.05) is 0 Å². The van der Waals surface area contributed by atoms with Gasteiger partial charge in [0.2, 0.25) is 0 Å². The van der Waals surface area contributed by atoms with Crippen LogP contribution in [0.4, 0.5) is 11.4 Å². The van der Waals surface area contributed by atoms with Crippen molar-refractivity contribution in [2.24, 2.45) is 0 Å². The Bertz CT molecular complexity index is 892. The molecule has 2 aromatic rings. The van der Waals surface area contributed by atoms with Gasteiger partial charge < -0.3 is 25.3 Å². The number of anilines is 2. The Morgan fingerprint density at radius 3 is 2.48 bits per heavy atom. The summed E-state index contributed by atoms with van der Waals surface area (Å²) in [5.41, 5.74) is 5.54. The second-order valence-electron chi connectivity index (χ2n) is 4.98. The molecule has 2 rings (SSSR count). The third-order valence-electron chi connectivity index (χ3n) is 3.28. The lowest BCUT2D eigenvalue weighted by Crippen LogP contribution is -2.22. The highest BCUT2D eigenvalue weighted by atomic mass is 35.5. The maximum absolute atomic E-state index is 12.1. The lowest BCUT2D eigenvalue weighted by molar-refractivity contribution is -0.119. The number of rotatable bonds is 6. The summed E-state index contributed by atoms with van der Waals surface area (Å²) in [5, 5.41) is 2.04. The minimum atomic E-state index is -0.984. The van der Waals surface area contributed by atoms with E-state index >= 15 is 0 Å². The van der Waals surface area contributed by atoms with Crippen molar-refractivity contribution in [3.63, 3.8) is 0 Å². The maximum Gasteiger partial charge on any atom is 0.359 e. The number of nitrogens with two attached hydrogens (primary N) is 1. The Balaban J connectivity index is 2.05. The van der Waals surface area contributed by atoms with Crippen LogP contribution in [0.5, 0.6) is 11.5 Å². The van der Waals surface area contributed by atoms with Crippen LogP contribution < -0.4 is 20.5 Å². The van der Waals surface area contributed by atoms with Gasteiger partial charge in [-0.3, -0.25) is 4.79 Å². The number of nitrogen functional groups attached to an aromatic ring is 1. The summed E-state index contributed by atoms with van der Waals surface area (Å²) in [4.78, 5) is 27.9. The zero-order chi connectivity index (χ0) is 20.1. The number of amides is 1. The van der Waals surface area contributed by atoms with Crippen molar-refractivity contribution < 1.29 is 23.8 Å². The number of esters is 1. The Labute approximate surface area is 169 Å². The minimum Gasteiger partial charge on any atom is -0.497 e. The standard InChI is InChI=1S/C16H14Cl3N3O5/c1-25-7-3-4-8(9(5-7)26-2)21-10(23)6-27-16(24)14-11(17)13(20)12(18)15(19)22-14/h3-5H,6H2,1-2H3,(H2,20,22)(H,21,23). The summed E-state index contributed by atoms with van der Waals surface area (Å²) in [6.07, 6.45) is 0. The number of methoxy groups -OCH3 is 2. The number of pyridine rings is 1. The normalized spacial score (nSPS) is 10.3. The van der Waals surface area contributed by atoms with Gasteiger partial charge in [-0.2, -0.15) is 0 Å². The van der Waals surface area contributed by atoms with Gasteiger partial charge in [0.25, 0.3) is 5.91 Å². The molecule has 8 nitrogen and oxygen atoms in total. The number of halogens is 3. The molecule has 144 valence electrons. The molecule has 0 radical (unpaired) electrons. The second-order valence-corrected chi connectivity index (χ2v) is 6.10. The highest BCUT2D eigenvalue weighted by Gasteiger charge is 2.22. The number of benzene rings is 1. The third-order valence-corrected chi connectivity index (χ3v) is 4.42. The van der Waals surface area contributed by atoms with E-state index in [9.17, 15) is 9.59 Å². The highest BCUT2D eigenvalue weighted by molar-refractivity contribution is 6.46. The van der Waals surface area contributed by atoms with Crippen molar-refractivity contribution in [2.45, 2.75) is 0 Å². The van der Waals surface area contributed by atoms with Gasteiger partial charge in [-0.1, -0.05) is 34.8 Å². The smallest absolute Gasteiger partial charge is 0.359 e. The molecule has 0 bridgehead atoms. The van der Waals surface area contributed by atoms with E-state index in [-0.39, 0.29) is 26.6 Å². The summed E-state index contributed by atoms with van der Waals surface area (Å²) in [7, 11) is 2.94. The molecule has 0 atom stereocenters. The van der Waals surface area contributed by atoms with Crippen molar-refractivity contribution >= 4 is 58.1 Å². The Morgan fingerprint density at radius 1 is 1.15 bits per heavy atom. The Kier molecular flexibility index (Phi) is 6.95. The lowest BCUT2D eigenvalue weighted by Gasteiger charge is -2.12. The van der Waals surface area contributed by atoms with Crippen molar-refractivity contribution in [2.75, 3.05) is 31.9 Å². The summed E-state index contributed by atoms with van der Waals surface area (Å²) in [6, 6.07) is 4.80. The van der Waals surface area contributed by atoms with Gasteiger partial charge in [0, 0.05) is 6.07 Å². The largest absolute Gasteiger partial charge is 0.497 e. The second kappa shape index (κ2) is 8.98. The molecule has 0 saturated heterocycles. The van der Waals surface area contributed by atoms with Crippen LogP contribution in [0.25, 0.3) is 0 Å². The van der Waals surface area contributed by atoms with Gasteiger partial charge in [-0.05, 0) is 12.1 Å². The number of carbonyl (C=O) groups is 2. The SMILES string of the molecule is COc1ccc(NC(=O)COC(=O)c2nc(Cl)c(Cl)c(N)c2Cl)c(OC)c1. The molecule has 0 fully saturated rings. The van der Waals surface area contributed by atoms with Gasteiger partial charge in [0.1, 0.15) is 16.5 Å². The molecule has 1 amide bonds. The number of ether oxygens (including phenoxy) is 3. The first-order chi connectivity index (χ1) is 12.8. The van der Waals surface area contributed by atoms with Gasteiger partial charge in [0.05, 0.1) is 30.6 Å². The number of hydrogen-bond donors (Lipinski definition) is 2. The van der Waals surface area contributed by atoms with Crippen molar-refractivity contribution in [1.82, 2.24) is 4.98 Å². The molecule has 0 spiro atoms. The zero-order valence-corrected chi connectivity index (χ0v) is 16.4. The van der Waals surface area contributed by atoms with Crippen LogP contribution in [0.15, 0.2) is 18.2 Å². The third kappa shape index (κ3) is 4.85. The molecule has 27 heavy (non-hydrogen) atoms. The number of carbonyl (C=O) groups excluding carboxylic acids is 2.